The van der Waals surface area contributed by atoms with Gasteiger partial charge in [-0.05, 0) is 48.9 Å². The summed E-state index contributed by atoms with van der Waals surface area (Å²) >= 11 is 0. The fourth-order valence-corrected chi connectivity index (χ4v) is 6.02. The van der Waals surface area contributed by atoms with Crippen LogP contribution in [-0.4, -0.2) is 62.1 Å². The molecule has 1 fully saturated rings. The third kappa shape index (κ3) is 5.07. The Morgan fingerprint density at radius 3 is 2.37 bits per heavy atom. The molecular weight excluding hydrogens is 512 g/mol. The van der Waals surface area contributed by atoms with E-state index in [4.69, 9.17) is 18.7 Å². The Morgan fingerprint density at radius 1 is 0.974 bits per heavy atom. The van der Waals surface area contributed by atoms with Gasteiger partial charge in [0, 0.05) is 23.3 Å². The number of ether oxygens (including phenoxy) is 3. The maximum Gasteiger partial charge on any atom is 0.279 e. The van der Waals surface area contributed by atoms with Crippen LogP contribution in [0.3, 0.4) is 0 Å². The number of benzene rings is 2. The molecule has 0 aliphatic carbocycles. The summed E-state index contributed by atoms with van der Waals surface area (Å²) in [5, 5.41) is 11.4. The lowest BCUT2D eigenvalue weighted by Crippen LogP contribution is -2.19. The molecule has 1 atom stereocenters. The number of rotatable bonds is 8. The molecule has 0 radical (unpaired) electrons. The van der Waals surface area contributed by atoms with Crippen molar-refractivity contribution < 1.29 is 31.9 Å². The monoisotopic (exact) mass is 538 g/mol. The molecular formula is C26H26N4O7S. The highest BCUT2D eigenvalue weighted by atomic mass is 32.2. The first kappa shape index (κ1) is 25.3. The van der Waals surface area contributed by atoms with Gasteiger partial charge >= 0.3 is 0 Å². The van der Waals surface area contributed by atoms with Crippen molar-refractivity contribution in [2.24, 2.45) is 0 Å². The first-order valence-corrected chi connectivity index (χ1v) is 13.6. The minimum absolute atomic E-state index is 0.0606. The molecule has 1 saturated heterocycles. The maximum absolute atomic E-state index is 13.1. The van der Waals surface area contributed by atoms with E-state index >= 15 is 0 Å². The summed E-state index contributed by atoms with van der Waals surface area (Å²) in [4.78, 5) is 13.1. The number of nitrogens with one attached hydrogen (secondary N) is 1. The number of carbonyl (C=O) groups is 1. The van der Waals surface area contributed by atoms with E-state index in [-0.39, 0.29) is 17.2 Å². The second-order valence-corrected chi connectivity index (χ2v) is 11.0. The average Bonchev–Trinajstić information content (AvgIpc) is 3.67. The summed E-state index contributed by atoms with van der Waals surface area (Å²) in [5.74, 6) is 2.01. The summed E-state index contributed by atoms with van der Waals surface area (Å²) in [7, 11) is 1.46. The molecule has 2 aromatic carbocycles. The SMILES string of the molecule is COc1ccc(-c2cc(C(=O)Nc3cc(-c4ccc(OC)c(OC)c4)nn3[C@H]3CCS(=O)(=O)C3)no2)cc1. The van der Waals surface area contributed by atoms with Crippen LogP contribution in [0.4, 0.5) is 5.82 Å². The van der Waals surface area contributed by atoms with Gasteiger partial charge in [-0.25, -0.2) is 13.1 Å². The van der Waals surface area contributed by atoms with Crippen LogP contribution in [0.25, 0.3) is 22.6 Å². The predicted octanol–water partition coefficient (Wildman–Crippen LogP) is 3.84. The van der Waals surface area contributed by atoms with Gasteiger partial charge in [-0.1, -0.05) is 5.16 Å². The quantitative estimate of drug-likeness (QED) is 0.355. The summed E-state index contributed by atoms with van der Waals surface area (Å²) in [6.07, 6.45) is 0.393. The van der Waals surface area contributed by atoms with E-state index in [9.17, 15) is 13.2 Å². The van der Waals surface area contributed by atoms with Gasteiger partial charge < -0.3 is 24.1 Å². The molecule has 1 aliphatic rings. The van der Waals surface area contributed by atoms with Crippen molar-refractivity contribution in [1.82, 2.24) is 14.9 Å². The standard InChI is InChI=1S/C26H26N4O7S/c1-34-19-7-4-16(5-8-19)23-13-21(29-37-23)26(31)27-25-14-20(17-6-9-22(35-2)24(12-17)36-3)28-30(25)18-10-11-38(32,33)15-18/h4-9,12-14,18H,10-11,15H2,1-3H3,(H,27,31)/t18-/m0/s1. The van der Waals surface area contributed by atoms with Crippen LogP contribution in [0.2, 0.25) is 0 Å². The van der Waals surface area contributed by atoms with Gasteiger partial charge in [0.05, 0.1) is 44.6 Å². The zero-order valence-electron chi connectivity index (χ0n) is 21.0. The fraction of sp³-hybridized carbons (Fsp3) is 0.269. The number of carbonyl (C=O) groups excluding carboxylic acids is 1. The molecule has 38 heavy (non-hydrogen) atoms. The number of hydrogen-bond donors (Lipinski definition) is 1. The molecule has 12 heteroatoms. The van der Waals surface area contributed by atoms with E-state index < -0.39 is 21.8 Å². The Kier molecular flexibility index (Phi) is 6.81. The molecule has 0 bridgehead atoms. The highest BCUT2D eigenvalue weighted by molar-refractivity contribution is 7.91. The molecule has 198 valence electrons. The van der Waals surface area contributed by atoms with Crippen molar-refractivity contribution >= 4 is 21.6 Å². The first-order chi connectivity index (χ1) is 18.3. The van der Waals surface area contributed by atoms with Crippen molar-refractivity contribution in [2.75, 3.05) is 38.2 Å². The lowest BCUT2D eigenvalue weighted by molar-refractivity contribution is 0.101. The normalized spacial score (nSPS) is 16.2. The molecule has 1 aliphatic heterocycles. The number of methoxy groups -OCH3 is 3. The molecule has 0 saturated carbocycles. The van der Waals surface area contributed by atoms with E-state index in [0.717, 1.165) is 5.56 Å². The minimum Gasteiger partial charge on any atom is -0.497 e. The number of hydrogen-bond acceptors (Lipinski definition) is 9. The zero-order chi connectivity index (χ0) is 26.9. The Labute approximate surface area is 219 Å². The molecule has 11 nitrogen and oxygen atoms in total. The fourth-order valence-electron chi connectivity index (χ4n) is 4.32. The Morgan fingerprint density at radius 2 is 1.71 bits per heavy atom. The highest BCUT2D eigenvalue weighted by Gasteiger charge is 2.32. The summed E-state index contributed by atoms with van der Waals surface area (Å²) in [5.41, 5.74) is 2.04. The van der Waals surface area contributed by atoms with Gasteiger partial charge in [0.2, 0.25) is 0 Å². The minimum atomic E-state index is -3.19. The van der Waals surface area contributed by atoms with E-state index in [2.05, 4.69) is 15.6 Å². The smallest absolute Gasteiger partial charge is 0.279 e. The van der Waals surface area contributed by atoms with Crippen molar-refractivity contribution in [1.29, 1.82) is 0 Å². The van der Waals surface area contributed by atoms with Crippen LogP contribution in [0, 0.1) is 0 Å². The number of sulfone groups is 1. The number of amides is 1. The van der Waals surface area contributed by atoms with E-state index in [1.807, 2.05) is 6.07 Å². The summed E-state index contributed by atoms with van der Waals surface area (Å²) in [6.45, 7) is 0. The Bertz CT molecular complexity index is 1580. The molecule has 0 spiro atoms. The summed E-state index contributed by atoms with van der Waals surface area (Å²) in [6, 6.07) is 15.3. The highest BCUT2D eigenvalue weighted by Crippen LogP contribution is 2.35. The lowest BCUT2D eigenvalue weighted by atomic mass is 10.1. The largest absolute Gasteiger partial charge is 0.497 e. The molecule has 5 rings (SSSR count). The second kappa shape index (κ2) is 10.2. The van der Waals surface area contributed by atoms with E-state index in [0.29, 0.717) is 46.5 Å². The van der Waals surface area contributed by atoms with Crippen molar-refractivity contribution in [2.45, 2.75) is 12.5 Å². The Balaban J connectivity index is 1.45. The molecule has 2 aromatic heterocycles. The number of anilines is 1. The van der Waals surface area contributed by atoms with Crippen LogP contribution in [0.15, 0.2) is 59.1 Å². The van der Waals surface area contributed by atoms with Crippen LogP contribution in [-0.2, 0) is 9.84 Å². The van der Waals surface area contributed by atoms with Gasteiger partial charge in [-0.3, -0.25) is 4.79 Å². The van der Waals surface area contributed by atoms with Crippen molar-refractivity contribution in [3.8, 4) is 39.8 Å². The van der Waals surface area contributed by atoms with Gasteiger partial charge in [0.25, 0.3) is 5.91 Å². The van der Waals surface area contributed by atoms with Gasteiger partial charge in [-0.2, -0.15) is 5.10 Å². The third-order valence-corrected chi connectivity index (χ3v) is 8.08. The molecule has 1 N–H and O–H groups in total. The van der Waals surface area contributed by atoms with Crippen LogP contribution in [0.5, 0.6) is 17.2 Å². The first-order valence-electron chi connectivity index (χ1n) is 11.7. The van der Waals surface area contributed by atoms with Crippen LogP contribution in [0.1, 0.15) is 23.0 Å². The van der Waals surface area contributed by atoms with Crippen LogP contribution < -0.4 is 19.5 Å². The number of aromatic nitrogens is 3. The predicted molar refractivity (Wildman–Crippen MR) is 140 cm³/mol. The van der Waals surface area contributed by atoms with Gasteiger partial charge in [-0.15, -0.1) is 0 Å². The molecule has 3 heterocycles. The molecule has 4 aromatic rings. The zero-order valence-corrected chi connectivity index (χ0v) is 21.8. The van der Waals surface area contributed by atoms with Crippen LogP contribution >= 0.6 is 0 Å². The van der Waals surface area contributed by atoms with E-state index in [1.54, 1.807) is 61.4 Å². The van der Waals surface area contributed by atoms with Gasteiger partial charge in [0.1, 0.15) is 11.6 Å². The van der Waals surface area contributed by atoms with Crippen molar-refractivity contribution in [3.63, 3.8) is 0 Å². The van der Waals surface area contributed by atoms with Gasteiger partial charge in [0.15, 0.2) is 32.8 Å². The third-order valence-electron chi connectivity index (χ3n) is 6.33. The second-order valence-electron chi connectivity index (χ2n) is 8.75. The lowest BCUT2D eigenvalue weighted by Gasteiger charge is -2.13. The topological polar surface area (TPSA) is 135 Å². The molecule has 0 unspecified atom stereocenters. The number of nitrogens with zero attached hydrogens (tertiary/aromatic N) is 3. The van der Waals surface area contributed by atoms with Crippen molar-refractivity contribution in [3.05, 3.63) is 60.3 Å². The summed E-state index contributed by atoms with van der Waals surface area (Å²) < 4.78 is 47.2. The van der Waals surface area contributed by atoms with E-state index in [1.165, 1.54) is 13.2 Å². The average molecular weight is 539 g/mol. The molecule has 1 amide bonds. The Hall–Kier alpha value is -4.32. The maximum atomic E-state index is 13.1.